The van der Waals surface area contributed by atoms with Crippen LogP contribution in [0.2, 0.25) is 0 Å². The molecule has 2 heterocycles. The Morgan fingerprint density at radius 2 is 2.08 bits per heavy atom. The predicted molar refractivity (Wildman–Crippen MR) is 86.4 cm³/mol. The molecule has 2 aromatic rings. The van der Waals surface area contributed by atoms with Crippen molar-refractivity contribution in [3.05, 3.63) is 41.7 Å². The van der Waals surface area contributed by atoms with Gasteiger partial charge in [0, 0.05) is 25.1 Å². The summed E-state index contributed by atoms with van der Waals surface area (Å²) in [5.41, 5.74) is 0.143. The molecule has 1 aromatic carbocycles. The molecule has 0 bridgehead atoms. The van der Waals surface area contributed by atoms with Crippen LogP contribution in [0.5, 0.6) is 0 Å². The average Bonchev–Trinajstić information content (AvgIpc) is 3.13. The fourth-order valence-electron chi connectivity index (χ4n) is 3.30. The fraction of sp³-hybridized carbons (Fsp3) is 0.529. The molecule has 0 spiro atoms. The minimum atomic E-state index is -0.495. The van der Waals surface area contributed by atoms with Gasteiger partial charge in [0.05, 0.1) is 6.54 Å². The van der Waals surface area contributed by atoms with E-state index in [-0.39, 0.29) is 17.4 Å². The van der Waals surface area contributed by atoms with Crippen LogP contribution >= 0.6 is 0 Å². The van der Waals surface area contributed by atoms with E-state index in [4.69, 9.17) is 0 Å². The number of hydrogen-bond acceptors (Lipinski definition) is 4. The van der Waals surface area contributed by atoms with Gasteiger partial charge >= 0.3 is 0 Å². The van der Waals surface area contributed by atoms with Gasteiger partial charge in [-0.15, -0.1) is 5.10 Å². The molecule has 25 heavy (non-hydrogen) atoms. The minimum Gasteiger partial charge on any atom is -0.342 e. The number of benzene rings is 1. The van der Waals surface area contributed by atoms with Crippen LogP contribution in [0, 0.1) is 17.6 Å². The van der Waals surface area contributed by atoms with Crippen molar-refractivity contribution in [1.82, 2.24) is 25.1 Å². The van der Waals surface area contributed by atoms with Crippen molar-refractivity contribution in [3.8, 4) is 0 Å². The zero-order valence-electron chi connectivity index (χ0n) is 13.9. The second-order valence-corrected chi connectivity index (χ2v) is 6.41. The van der Waals surface area contributed by atoms with Crippen LogP contribution in [0.1, 0.15) is 31.2 Å². The molecule has 0 unspecified atom stereocenters. The van der Waals surface area contributed by atoms with Gasteiger partial charge < -0.3 is 4.90 Å². The number of hydrogen-bond donors (Lipinski definition) is 0. The monoisotopic (exact) mass is 349 g/mol. The summed E-state index contributed by atoms with van der Waals surface area (Å²) in [5, 5.41) is 10.8. The summed E-state index contributed by atoms with van der Waals surface area (Å²) in [5.74, 6) is -0.655. The van der Waals surface area contributed by atoms with E-state index in [9.17, 15) is 13.6 Å². The van der Waals surface area contributed by atoms with E-state index < -0.39 is 11.6 Å². The van der Waals surface area contributed by atoms with Gasteiger partial charge in [-0.2, -0.15) is 0 Å². The third kappa shape index (κ3) is 4.58. The largest absolute Gasteiger partial charge is 0.342 e. The van der Waals surface area contributed by atoms with Crippen LogP contribution in [-0.2, 0) is 17.8 Å². The highest BCUT2D eigenvalue weighted by Gasteiger charge is 2.24. The lowest BCUT2D eigenvalue weighted by Gasteiger charge is -2.33. The van der Waals surface area contributed by atoms with E-state index in [1.54, 1.807) is 0 Å². The topological polar surface area (TPSA) is 63.9 Å². The number of halogens is 2. The van der Waals surface area contributed by atoms with E-state index in [1.165, 1.54) is 29.2 Å². The summed E-state index contributed by atoms with van der Waals surface area (Å²) < 4.78 is 29.0. The molecular weight excluding hydrogens is 328 g/mol. The third-order valence-electron chi connectivity index (χ3n) is 4.68. The molecular formula is C17H21F2N5O. The molecule has 8 heteroatoms. The van der Waals surface area contributed by atoms with E-state index in [0.717, 1.165) is 19.4 Å². The van der Waals surface area contributed by atoms with Crippen LogP contribution in [0.4, 0.5) is 8.78 Å². The van der Waals surface area contributed by atoms with Gasteiger partial charge in [-0.25, -0.2) is 13.5 Å². The van der Waals surface area contributed by atoms with Gasteiger partial charge in [0.1, 0.15) is 18.0 Å². The van der Waals surface area contributed by atoms with E-state index in [0.29, 0.717) is 32.4 Å². The molecule has 0 aliphatic carbocycles. The summed E-state index contributed by atoms with van der Waals surface area (Å²) in [4.78, 5) is 14.2. The van der Waals surface area contributed by atoms with Crippen LogP contribution in [0.3, 0.4) is 0 Å². The molecule has 1 aliphatic rings. The summed E-state index contributed by atoms with van der Waals surface area (Å²) in [6.45, 7) is 1.83. The zero-order chi connectivity index (χ0) is 17.6. The highest BCUT2D eigenvalue weighted by molar-refractivity contribution is 5.76. The molecule has 1 amide bonds. The number of aryl methyl sites for hydroxylation is 1. The van der Waals surface area contributed by atoms with E-state index in [2.05, 4.69) is 15.5 Å². The van der Waals surface area contributed by atoms with Crippen LogP contribution in [0.25, 0.3) is 0 Å². The van der Waals surface area contributed by atoms with E-state index >= 15 is 0 Å². The first-order chi connectivity index (χ1) is 12.1. The van der Waals surface area contributed by atoms with Gasteiger partial charge in [0.15, 0.2) is 0 Å². The number of tetrazole rings is 1. The highest BCUT2D eigenvalue weighted by Crippen LogP contribution is 2.24. The number of carbonyl (C=O) groups is 1. The van der Waals surface area contributed by atoms with Gasteiger partial charge in [-0.1, -0.05) is 6.07 Å². The number of amides is 1. The maximum Gasteiger partial charge on any atom is 0.224 e. The van der Waals surface area contributed by atoms with Crippen molar-refractivity contribution in [1.29, 1.82) is 0 Å². The Bertz CT molecular complexity index is 687. The Labute approximate surface area is 144 Å². The van der Waals surface area contributed by atoms with Gasteiger partial charge in [-0.3, -0.25) is 4.79 Å². The van der Waals surface area contributed by atoms with Gasteiger partial charge in [0.2, 0.25) is 5.91 Å². The van der Waals surface area contributed by atoms with Crippen molar-refractivity contribution in [2.75, 3.05) is 13.1 Å². The Balaban J connectivity index is 1.50. The summed E-state index contributed by atoms with van der Waals surface area (Å²) in [7, 11) is 0. The Hall–Kier alpha value is -2.38. The number of aromatic nitrogens is 4. The third-order valence-corrected chi connectivity index (χ3v) is 4.68. The SMILES string of the molecule is O=C(CCn1cnnn1)N1CCC[C@@H](CCc2c(F)cccc2F)C1. The lowest BCUT2D eigenvalue weighted by molar-refractivity contribution is -0.133. The average molecular weight is 349 g/mol. The maximum atomic E-state index is 13.7. The molecule has 6 nitrogen and oxygen atoms in total. The smallest absolute Gasteiger partial charge is 0.224 e. The number of rotatable bonds is 6. The molecule has 3 rings (SSSR count). The van der Waals surface area contributed by atoms with Crippen molar-refractivity contribution in [2.24, 2.45) is 5.92 Å². The second kappa shape index (κ2) is 8.13. The van der Waals surface area contributed by atoms with Crippen molar-refractivity contribution in [3.63, 3.8) is 0 Å². The second-order valence-electron chi connectivity index (χ2n) is 6.41. The quantitative estimate of drug-likeness (QED) is 0.802. The molecule has 134 valence electrons. The molecule has 1 saturated heterocycles. The zero-order valence-corrected chi connectivity index (χ0v) is 13.9. The Morgan fingerprint density at radius 1 is 1.28 bits per heavy atom. The predicted octanol–water partition coefficient (Wildman–Crippen LogP) is 2.21. The number of carbonyl (C=O) groups excluding carboxylic acids is 1. The van der Waals surface area contributed by atoms with Crippen LogP contribution < -0.4 is 0 Å². The summed E-state index contributed by atoms with van der Waals surface area (Å²) >= 11 is 0. The first-order valence-corrected chi connectivity index (χ1v) is 8.55. The Kier molecular flexibility index (Phi) is 5.67. The maximum absolute atomic E-state index is 13.7. The molecule has 0 saturated carbocycles. The van der Waals surface area contributed by atoms with Crippen LogP contribution in [0.15, 0.2) is 24.5 Å². The van der Waals surface area contributed by atoms with Crippen molar-refractivity contribution in [2.45, 2.75) is 38.6 Å². The standard InChI is InChI=1S/C17H21F2N5O/c18-15-4-1-5-16(19)14(15)7-6-13-3-2-9-23(11-13)17(25)8-10-24-12-20-21-22-24/h1,4-5,12-13H,2-3,6-11H2/t13-/m0/s1. The lowest BCUT2D eigenvalue weighted by atomic mass is 9.91. The first-order valence-electron chi connectivity index (χ1n) is 8.55. The number of piperidine rings is 1. The molecule has 1 atom stereocenters. The lowest BCUT2D eigenvalue weighted by Crippen LogP contribution is -2.40. The van der Waals surface area contributed by atoms with Crippen molar-refractivity contribution >= 4 is 5.91 Å². The molecule has 1 fully saturated rings. The molecule has 1 aromatic heterocycles. The van der Waals surface area contributed by atoms with Crippen LogP contribution in [-0.4, -0.2) is 44.1 Å². The fourth-order valence-corrected chi connectivity index (χ4v) is 3.30. The highest BCUT2D eigenvalue weighted by atomic mass is 19.1. The number of nitrogens with zero attached hydrogens (tertiary/aromatic N) is 5. The first kappa shape index (κ1) is 17.4. The van der Waals surface area contributed by atoms with Crippen molar-refractivity contribution < 1.29 is 13.6 Å². The minimum absolute atomic E-state index is 0.0669. The molecule has 1 aliphatic heterocycles. The molecule has 0 N–H and O–H groups in total. The molecule has 0 radical (unpaired) electrons. The Morgan fingerprint density at radius 3 is 2.80 bits per heavy atom. The van der Waals surface area contributed by atoms with Gasteiger partial charge in [0.25, 0.3) is 0 Å². The summed E-state index contributed by atoms with van der Waals surface area (Å²) in [6, 6.07) is 3.95. The summed E-state index contributed by atoms with van der Waals surface area (Å²) in [6.07, 6.45) is 4.76. The number of likely N-dealkylation sites (tertiary alicyclic amines) is 1. The van der Waals surface area contributed by atoms with Gasteiger partial charge in [-0.05, 0) is 54.2 Å². The normalized spacial score (nSPS) is 17.7. The van der Waals surface area contributed by atoms with E-state index in [1.807, 2.05) is 4.90 Å².